The second kappa shape index (κ2) is 8.38. The van der Waals surface area contributed by atoms with Crippen LogP contribution in [0.5, 0.6) is 17.2 Å². The summed E-state index contributed by atoms with van der Waals surface area (Å²) in [5.74, 6) is 0.675. The molecule has 0 aliphatic carbocycles. The van der Waals surface area contributed by atoms with E-state index in [0.717, 1.165) is 17.5 Å². The van der Waals surface area contributed by atoms with Crippen molar-refractivity contribution in [2.75, 3.05) is 6.61 Å². The third kappa shape index (κ3) is 4.21. The molecule has 2 N–H and O–H groups in total. The summed E-state index contributed by atoms with van der Waals surface area (Å²) in [5, 5.41) is 19.9. The molecule has 2 rings (SSSR count). The van der Waals surface area contributed by atoms with Gasteiger partial charge in [0.25, 0.3) is 0 Å². The fraction of sp³-hybridized carbons (Fsp3) is 0.286. The molecule has 0 aliphatic heterocycles. The number of carbonyl (C=O) groups excluding carboxylic acids is 1. The number of phenols is 2. The van der Waals surface area contributed by atoms with Crippen LogP contribution in [-0.4, -0.2) is 22.6 Å². The monoisotopic (exact) mass is 340 g/mol. The Balaban J connectivity index is 2.45. The zero-order valence-corrected chi connectivity index (χ0v) is 14.9. The van der Waals surface area contributed by atoms with Crippen molar-refractivity contribution in [2.45, 2.75) is 33.6 Å². The largest absolute Gasteiger partial charge is 0.508 e. The third-order valence-electron chi connectivity index (χ3n) is 4.05. The fourth-order valence-electron chi connectivity index (χ4n) is 2.68. The topological polar surface area (TPSA) is 66.8 Å². The number of aromatic hydroxyl groups is 2. The molecule has 2 aromatic carbocycles. The van der Waals surface area contributed by atoms with E-state index < -0.39 is 0 Å². The van der Waals surface area contributed by atoms with Crippen molar-refractivity contribution in [3.8, 4) is 17.2 Å². The van der Waals surface area contributed by atoms with Gasteiger partial charge < -0.3 is 14.9 Å². The van der Waals surface area contributed by atoms with E-state index in [-0.39, 0.29) is 17.3 Å². The van der Waals surface area contributed by atoms with Crippen molar-refractivity contribution < 1.29 is 19.7 Å². The molecule has 0 spiro atoms. The molecule has 0 radical (unpaired) electrons. The molecule has 25 heavy (non-hydrogen) atoms. The molecule has 0 fully saturated rings. The molecular weight excluding hydrogens is 316 g/mol. The van der Waals surface area contributed by atoms with E-state index in [1.165, 1.54) is 18.2 Å². The highest BCUT2D eigenvalue weighted by Gasteiger charge is 2.16. The Morgan fingerprint density at radius 2 is 1.68 bits per heavy atom. The highest BCUT2D eigenvalue weighted by Crippen LogP contribution is 2.37. The van der Waals surface area contributed by atoms with Gasteiger partial charge in [0.1, 0.15) is 17.2 Å². The Morgan fingerprint density at radius 3 is 2.24 bits per heavy atom. The Hall–Kier alpha value is -2.75. The number of aryl methyl sites for hydroxylation is 2. The Bertz CT molecular complexity index is 773. The average molecular weight is 340 g/mol. The molecule has 132 valence electrons. The first-order valence-electron chi connectivity index (χ1n) is 8.53. The number of allylic oxidation sites excluding steroid dienone is 1. The van der Waals surface area contributed by atoms with E-state index in [9.17, 15) is 15.0 Å². The van der Waals surface area contributed by atoms with Crippen LogP contribution in [0, 0.1) is 0 Å². The number of hydrogen-bond donors (Lipinski definition) is 2. The fourth-order valence-corrected chi connectivity index (χ4v) is 2.68. The minimum Gasteiger partial charge on any atom is -0.508 e. The summed E-state index contributed by atoms with van der Waals surface area (Å²) in [5.41, 5.74) is 2.84. The van der Waals surface area contributed by atoms with Crippen LogP contribution in [-0.2, 0) is 12.8 Å². The molecule has 0 saturated carbocycles. The predicted octanol–water partition coefficient (Wildman–Crippen LogP) is 4.52. The molecular formula is C21H24O4. The predicted molar refractivity (Wildman–Crippen MR) is 99.5 cm³/mol. The van der Waals surface area contributed by atoms with Crippen molar-refractivity contribution >= 4 is 11.9 Å². The van der Waals surface area contributed by atoms with Gasteiger partial charge in [-0.2, -0.15) is 0 Å². The van der Waals surface area contributed by atoms with Crippen LogP contribution in [0.2, 0.25) is 0 Å². The summed E-state index contributed by atoms with van der Waals surface area (Å²) in [6.07, 6.45) is 4.49. The lowest BCUT2D eigenvalue weighted by atomic mass is 9.98. The lowest BCUT2D eigenvalue weighted by molar-refractivity contribution is 0.104. The lowest BCUT2D eigenvalue weighted by Gasteiger charge is -2.16. The highest BCUT2D eigenvalue weighted by atomic mass is 16.5. The molecule has 4 nitrogen and oxygen atoms in total. The van der Waals surface area contributed by atoms with Gasteiger partial charge in [0.2, 0.25) is 0 Å². The van der Waals surface area contributed by atoms with Gasteiger partial charge in [-0.3, -0.25) is 4.79 Å². The maximum absolute atomic E-state index is 12.3. The van der Waals surface area contributed by atoms with Gasteiger partial charge in [-0.1, -0.05) is 13.8 Å². The van der Waals surface area contributed by atoms with Gasteiger partial charge in [0.05, 0.1) is 12.2 Å². The number of ether oxygens (including phenoxy) is 1. The molecule has 0 aliphatic rings. The molecule has 0 saturated heterocycles. The normalized spacial score (nSPS) is 11.0. The standard InChI is InChI=1S/C21H24O4/c1-4-14-13-15(5-2)21(25-6-3)18(20(14)24)11-12-19(23)16-7-9-17(22)10-8-16/h7-13,22,24H,4-6H2,1-3H3. The molecule has 0 aromatic heterocycles. The van der Waals surface area contributed by atoms with Crippen molar-refractivity contribution in [2.24, 2.45) is 0 Å². The Kier molecular flexibility index (Phi) is 6.23. The van der Waals surface area contributed by atoms with E-state index in [2.05, 4.69) is 0 Å². The number of phenolic OH excluding ortho intramolecular Hbond substituents is 2. The molecule has 0 unspecified atom stereocenters. The molecule has 2 aromatic rings. The SMILES string of the molecule is CCOc1c(CC)cc(CC)c(O)c1C=CC(=O)c1ccc(O)cc1. The molecule has 0 amide bonds. The van der Waals surface area contributed by atoms with E-state index in [0.29, 0.717) is 29.9 Å². The van der Waals surface area contributed by atoms with Gasteiger partial charge in [0.15, 0.2) is 5.78 Å². The van der Waals surface area contributed by atoms with Crippen LogP contribution in [0.3, 0.4) is 0 Å². The molecule has 0 bridgehead atoms. The first-order valence-corrected chi connectivity index (χ1v) is 8.53. The number of benzene rings is 2. The number of carbonyl (C=O) groups is 1. The van der Waals surface area contributed by atoms with E-state index in [1.807, 2.05) is 26.8 Å². The van der Waals surface area contributed by atoms with Gasteiger partial charge in [-0.15, -0.1) is 0 Å². The minimum atomic E-state index is -0.207. The number of hydrogen-bond acceptors (Lipinski definition) is 4. The summed E-state index contributed by atoms with van der Waals surface area (Å²) < 4.78 is 5.74. The maximum atomic E-state index is 12.3. The first-order chi connectivity index (χ1) is 12.0. The second-order valence-corrected chi connectivity index (χ2v) is 5.67. The summed E-state index contributed by atoms with van der Waals surface area (Å²) in [6, 6.07) is 8.02. The second-order valence-electron chi connectivity index (χ2n) is 5.67. The van der Waals surface area contributed by atoms with Gasteiger partial charge in [-0.25, -0.2) is 0 Å². The molecule has 0 atom stereocenters. The molecule has 0 heterocycles. The van der Waals surface area contributed by atoms with Crippen LogP contribution in [0.1, 0.15) is 47.8 Å². The van der Waals surface area contributed by atoms with Crippen LogP contribution in [0.4, 0.5) is 0 Å². The first kappa shape index (κ1) is 18.6. The van der Waals surface area contributed by atoms with Crippen molar-refractivity contribution in [1.29, 1.82) is 0 Å². The summed E-state index contributed by atoms with van der Waals surface area (Å²) in [6.45, 7) is 6.37. The van der Waals surface area contributed by atoms with Gasteiger partial charge in [0, 0.05) is 5.56 Å². The van der Waals surface area contributed by atoms with E-state index >= 15 is 0 Å². The van der Waals surface area contributed by atoms with Gasteiger partial charge in [-0.05, 0) is 73.4 Å². The van der Waals surface area contributed by atoms with Crippen molar-refractivity contribution in [3.05, 3.63) is 58.7 Å². The number of rotatable bonds is 7. The number of ketones is 1. The van der Waals surface area contributed by atoms with E-state index in [4.69, 9.17) is 4.74 Å². The van der Waals surface area contributed by atoms with E-state index in [1.54, 1.807) is 18.2 Å². The summed E-state index contributed by atoms with van der Waals surface area (Å²) in [4.78, 5) is 12.3. The quantitative estimate of drug-likeness (QED) is 0.574. The third-order valence-corrected chi connectivity index (χ3v) is 4.05. The van der Waals surface area contributed by atoms with Crippen LogP contribution in [0.15, 0.2) is 36.4 Å². The summed E-state index contributed by atoms with van der Waals surface area (Å²) in [7, 11) is 0. The summed E-state index contributed by atoms with van der Waals surface area (Å²) >= 11 is 0. The lowest BCUT2D eigenvalue weighted by Crippen LogP contribution is -2.01. The Labute approximate surface area is 148 Å². The van der Waals surface area contributed by atoms with Crippen LogP contribution < -0.4 is 4.74 Å². The minimum absolute atomic E-state index is 0.111. The maximum Gasteiger partial charge on any atom is 0.185 e. The average Bonchev–Trinajstić information content (AvgIpc) is 2.62. The van der Waals surface area contributed by atoms with Crippen molar-refractivity contribution in [1.82, 2.24) is 0 Å². The van der Waals surface area contributed by atoms with Crippen molar-refractivity contribution in [3.63, 3.8) is 0 Å². The van der Waals surface area contributed by atoms with Crippen LogP contribution in [0.25, 0.3) is 6.08 Å². The highest BCUT2D eigenvalue weighted by molar-refractivity contribution is 6.07. The smallest absolute Gasteiger partial charge is 0.185 e. The molecule has 4 heteroatoms. The van der Waals surface area contributed by atoms with Gasteiger partial charge >= 0.3 is 0 Å². The zero-order valence-electron chi connectivity index (χ0n) is 14.9. The Morgan fingerprint density at radius 1 is 1.04 bits per heavy atom. The zero-order chi connectivity index (χ0) is 18.4. The van der Waals surface area contributed by atoms with Crippen LogP contribution >= 0.6 is 0 Å².